The second-order valence-electron chi connectivity index (χ2n) is 16.1. The number of nitrogens with two attached hydrogens (primary N) is 3. The number of fused-ring (bicyclic) bond motifs is 5. The molecule has 4 bridgehead atoms. The zero-order chi connectivity index (χ0) is 45.2. The quantitative estimate of drug-likeness (QED) is 0.0961. The van der Waals surface area contributed by atoms with Crippen LogP contribution in [0.2, 0.25) is 0 Å². The molecular weight excluding hydrogens is 821 g/mol. The van der Waals surface area contributed by atoms with Crippen LogP contribution in [0.3, 0.4) is 0 Å². The summed E-state index contributed by atoms with van der Waals surface area (Å²) in [6, 6.07) is 17.1. The SMILES string of the molecule is Cc1nc(-c2ccc(C(C)C)cc2)nc(N)c1C(=O)C[C@@H](CCN)C(=O)N(C)[C@@H]1C(=O)C[C@@H](C)C(=O)N[C@H](C(=O)CCC#N)Cc2ccc(O)c(c2)-c2cc1ccc2OCCN.S. The zero-order valence-electron chi connectivity index (χ0n) is 36.4. The topological polar surface area (TPSA) is 258 Å². The minimum absolute atomic E-state index is 0. The number of rotatable bonds is 15. The number of ether oxygens (including phenoxy) is 1. The number of Topliss-reactive ketones (excluding diaryl/α,β-unsaturated/α-hetero) is 3. The Hall–Kier alpha value is -6.15. The third kappa shape index (κ3) is 11.9. The van der Waals surface area contributed by atoms with Crippen LogP contribution in [0.1, 0.15) is 97.6 Å². The summed E-state index contributed by atoms with van der Waals surface area (Å²) in [4.78, 5) is 80.6. The van der Waals surface area contributed by atoms with E-state index in [9.17, 15) is 29.1 Å². The highest BCUT2D eigenvalue weighted by atomic mass is 32.1. The predicted molar refractivity (Wildman–Crippen MR) is 245 cm³/mol. The molecule has 2 heterocycles. The molecule has 0 saturated heterocycles. The number of phenolic OH excluding ortho intramolecular Hbond substituents is 1. The molecule has 4 aromatic rings. The fraction of sp³-hybridized carbons (Fsp3) is 0.404. The van der Waals surface area contributed by atoms with Gasteiger partial charge in [0.05, 0.1) is 23.4 Å². The molecule has 334 valence electrons. The van der Waals surface area contributed by atoms with E-state index in [1.165, 1.54) is 18.0 Å². The number of carbonyl (C=O) groups excluding carboxylic acids is 5. The van der Waals surface area contributed by atoms with Crippen molar-refractivity contribution in [3.05, 3.63) is 88.6 Å². The number of nitrogens with zero attached hydrogens (tertiary/aromatic N) is 4. The van der Waals surface area contributed by atoms with E-state index < -0.39 is 47.3 Å². The second-order valence-corrected chi connectivity index (χ2v) is 16.1. The Morgan fingerprint density at radius 2 is 1.71 bits per heavy atom. The van der Waals surface area contributed by atoms with E-state index in [4.69, 9.17) is 27.2 Å². The number of nitrogen functional groups attached to an aromatic ring is 1. The first-order valence-electron chi connectivity index (χ1n) is 20.8. The van der Waals surface area contributed by atoms with Crippen molar-refractivity contribution in [3.8, 4) is 40.1 Å². The molecule has 4 atom stereocenters. The lowest BCUT2D eigenvalue weighted by molar-refractivity contribution is -0.142. The van der Waals surface area contributed by atoms with Gasteiger partial charge in [0.2, 0.25) is 11.8 Å². The van der Waals surface area contributed by atoms with Crippen molar-refractivity contribution in [3.63, 3.8) is 0 Å². The summed E-state index contributed by atoms with van der Waals surface area (Å²) in [5.74, 6) is -3.53. The number of hydrogen-bond acceptors (Lipinski definition) is 13. The molecule has 63 heavy (non-hydrogen) atoms. The average molecular weight is 879 g/mol. The fourth-order valence-electron chi connectivity index (χ4n) is 7.77. The van der Waals surface area contributed by atoms with Crippen molar-refractivity contribution in [2.45, 2.75) is 84.2 Å². The standard InChI is InChI=1S/C47H56N8O7.H2S/c1-26(2)30-9-11-31(12-10-30)45-52-28(4)42(44(51)54-45)39(58)25-33(16-18-49)47(61)55(5)43-32-13-15-41(62-20-19-50)35(24-32)34-22-29(8-14-37(34)56)23-36(38(57)7-6-17-48)53-46(60)27(3)21-40(43)59;/h8-15,22,24,26-27,33,36,43,56H,6-7,16,18-21,23,25,49-50H2,1-5H3,(H,53,60)(H2,51,52,54);1H2/t27-,33-,36+,43+;/m1./s1. The molecule has 1 aromatic heterocycles. The van der Waals surface area contributed by atoms with Gasteiger partial charge in [-0.1, -0.05) is 57.2 Å². The molecule has 0 saturated carbocycles. The maximum atomic E-state index is 14.6. The Morgan fingerprint density at radius 1 is 1.00 bits per heavy atom. The lowest BCUT2D eigenvalue weighted by Crippen LogP contribution is -2.46. The predicted octanol–water partition coefficient (Wildman–Crippen LogP) is 5.23. The van der Waals surface area contributed by atoms with Crippen LogP contribution in [0.25, 0.3) is 22.5 Å². The fourth-order valence-corrected chi connectivity index (χ4v) is 7.77. The average Bonchev–Trinajstić information content (AvgIpc) is 3.24. The highest BCUT2D eigenvalue weighted by molar-refractivity contribution is 7.59. The molecule has 0 fully saturated rings. The van der Waals surface area contributed by atoms with Crippen LogP contribution in [0.4, 0.5) is 5.82 Å². The second kappa shape index (κ2) is 22.3. The first-order chi connectivity index (χ1) is 29.6. The summed E-state index contributed by atoms with van der Waals surface area (Å²) >= 11 is 0. The Morgan fingerprint density at radius 3 is 2.35 bits per heavy atom. The van der Waals surface area contributed by atoms with Crippen molar-refractivity contribution in [1.82, 2.24) is 20.2 Å². The van der Waals surface area contributed by atoms with E-state index in [0.29, 0.717) is 45.4 Å². The van der Waals surface area contributed by atoms with Crippen molar-refractivity contribution >= 4 is 48.5 Å². The number of aromatic hydroxyl groups is 1. The number of aromatic nitrogens is 2. The number of nitrogens with one attached hydrogen (secondary N) is 1. The van der Waals surface area contributed by atoms with Gasteiger partial charge in [-0.05, 0) is 73.2 Å². The van der Waals surface area contributed by atoms with E-state index in [0.717, 1.165) is 11.1 Å². The van der Waals surface area contributed by atoms with Gasteiger partial charge in [0.1, 0.15) is 30.0 Å². The Labute approximate surface area is 375 Å². The normalized spacial score (nSPS) is 16.8. The zero-order valence-corrected chi connectivity index (χ0v) is 37.4. The number of anilines is 1. The van der Waals surface area contributed by atoms with E-state index in [1.807, 2.05) is 30.3 Å². The number of hydrogen-bond donors (Lipinski definition) is 5. The largest absolute Gasteiger partial charge is 0.507 e. The van der Waals surface area contributed by atoms with Crippen LogP contribution < -0.4 is 27.3 Å². The Kier molecular flexibility index (Phi) is 17.5. The van der Waals surface area contributed by atoms with E-state index >= 15 is 0 Å². The summed E-state index contributed by atoms with van der Waals surface area (Å²) in [5, 5.41) is 23.2. The van der Waals surface area contributed by atoms with Crippen molar-refractivity contribution in [1.29, 1.82) is 5.26 Å². The van der Waals surface area contributed by atoms with Crippen molar-refractivity contribution in [2.24, 2.45) is 23.3 Å². The van der Waals surface area contributed by atoms with Gasteiger partial charge in [-0.3, -0.25) is 24.0 Å². The minimum atomic E-state index is -1.28. The number of aryl methyl sites for hydroxylation is 1. The van der Waals surface area contributed by atoms with Crippen molar-refractivity contribution in [2.75, 3.05) is 32.5 Å². The molecular formula is C47H58N8O7S. The molecule has 0 spiro atoms. The molecule has 1 aliphatic rings. The first kappa shape index (κ1) is 49.5. The minimum Gasteiger partial charge on any atom is -0.507 e. The van der Waals surface area contributed by atoms with Gasteiger partial charge in [-0.25, -0.2) is 9.97 Å². The Bertz CT molecular complexity index is 2340. The van der Waals surface area contributed by atoms with E-state index in [-0.39, 0.29) is 94.6 Å². The lowest BCUT2D eigenvalue weighted by Gasteiger charge is -2.32. The molecule has 5 rings (SSSR count). The molecule has 3 aromatic carbocycles. The third-order valence-electron chi connectivity index (χ3n) is 11.2. The van der Waals surface area contributed by atoms with Crippen LogP contribution in [0, 0.1) is 30.1 Å². The molecule has 0 radical (unpaired) electrons. The van der Waals surface area contributed by atoms with Gasteiger partial charge < -0.3 is 37.3 Å². The number of carbonyl (C=O) groups is 5. The maximum absolute atomic E-state index is 14.6. The van der Waals surface area contributed by atoms with Gasteiger partial charge in [0, 0.05) is 67.8 Å². The lowest BCUT2D eigenvalue weighted by atomic mass is 9.88. The van der Waals surface area contributed by atoms with Crippen LogP contribution in [0.5, 0.6) is 11.5 Å². The monoisotopic (exact) mass is 878 g/mol. The van der Waals surface area contributed by atoms with Crippen LogP contribution in [-0.2, 0) is 25.6 Å². The van der Waals surface area contributed by atoms with Crippen LogP contribution in [0.15, 0.2) is 60.7 Å². The number of phenols is 1. The Balaban J connectivity index is 0.00000871. The van der Waals surface area contributed by atoms with Crippen LogP contribution >= 0.6 is 13.5 Å². The molecule has 1 aliphatic heterocycles. The summed E-state index contributed by atoms with van der Waals surface area (Å²) in [6.07, 6.45) is -0.641. The molecule has 15 nitrogen and oxygen atoms in total. The molecule has 0 aliphatic carbocycles. The van der Waals surface area contributed by atoms with E-state index in [1.54, 1.807) is 44.2 Å². The molecule has 2 amide bonds. The van der Waals surface area contributed by atoms with Gasteiger partial charge in [0.15, 0.2) is 23.2 Å². The molecule has 8 N–H and O–H groups in total. The van der Waals surface area contributed by atoms with Crippen LogP contribution in [-0.4, -0.2) is 81.9 Å². The van der Waals surface area contributed by atoms with Crippen molar-refractivity contribution < 1.29 is 33.8 Å². The number of benzene rings is 3. The summed E-state index contributed by atoms with van der Waals surface area (Å²) in [6.45, 7) is 7.76. The van der Waals surface area contributed by atoms with Gasteiger partial charge in [0.25, 0.3) is 0 Å². The number of nitriles is 1. The third-order valence-corrected chi connectivity index (χ3v) is 11.2. The summed E-state index contributed by atoms with van der Waals surface area (Å²) in [5.41, 5.74) is 22.1. The molecule has 16 heteroatoms. The maximum Gasteiger partial charge on any atom is 0.226 e. The first-order valence-corrected chi connectivity index (χ1v) is 20.8. The highest BCUT2D eigenvalue weighted by Crippen LogP contribution is 2.40. The number of likely N-dealkylation sites (N-methyl/N-ethyl adjacent to an activating group) is 1. The summed E-state index contributed by atoms with van der Waals surface area (Å²) in [7, 11) is 1.45. The number of ketones is 3. The van der Waals surface area contributed by atoms with Gasteiger partial charge in [-0.15, -0.1) is 0 Å². The summed E-state index contributed by atoms with van der Waals surface area (Å²) < 4.78 is 6.00. The van der Waals surface area contributed by atoms with Gasteiger partial charge in [-0.2, -0.15) is 18.8 Å². The number of amides is 2. The smallest absolute Gasteiger partial charge is 0.226 e. The highest BCUT2D eigenvalue weighted by Gasteiger charge is 2.36. The van der Waals surface area contributed by atoms with Gasteiger partial charge >= 0.3 is 0 Å². The van der Waals surface area contributed by atoms with E-state index in [2.05, 4.69) is 29.1 Å². The molecule has 0 unspecified atom stereocenters.